The van der Waals surface area contributed by atoms with Crippen LogP contribution >= 0.6 is 0 Å². The third kappa shape index (κ3) is 5.18. The fourth-order valence-corrected chi connectivity index (χ4v) is 1.92. The molecule has 122 valence electrons. The lowest BCUT2D eigenvalue weighted by Gasteiger charge is -2.16. The molecule has 0 unspecified atom stereocenters. The molecule has 0 aliphatic rings. The van der Waals surface area contributed by atoms with Gasteiger partial charge in [-0.2, -0.15) is 8.42 Å². The third-order valence-electron chi connectivity index (χ3n) is 2.51. The maximum atomic E-state index is 11.1. The molecule has 0 spiro atoms. The molecule has 4 N–H and O–H groups in total. The van der Waals surface area contributed by atoms with E-state index >= 15 is 0 Å². The Balaban J connectivity index is 3.22. The number of hydrogen-bond donors (Lipinski definition) is 4. The van der Waals surface area contributed by atoms with E-state index in [1.54, 1.807) is 6.92 Å². The van der Waals surface area contributed by atoms with Gasteiger partial charge in [0.15, 0.2) is 0 Å². The molecular formula is C11H15BO9S. The van der Waals surface area contributed by atoms with E-state index in [0.717, 1.165) is 12.1 Å². The highest BCUT2D eigenvalue weighted by Gasteiger charge is 2.26. The van der Waals surface area contributed by atoms with Gasteiger partial charge in [-0.3, -0.25) is 4.55 Å². The minimum absolute atomic E-state index is 0.112. The molecule has 9 nitrogen and oxygen atoms in total. The van der Waals surface area contributed by atoms with Crippen molar-refractivity contribution in [3.8, 4) is 11.5 Å². The molecule has 1 rings (SSSR count). The zero-order valence-electron chi connectivity index (χ0n) is 11.6. The van der Waals surface area contributed by atoms with Gasteiger partial charge in [0.25, 0.3) is 10.1 Å². The smallest absolute Gasteiger partial charge is 0.494 e. The predicted octanol–water partition coefficient (Wildman–Crippen LogP) is -1.27. The lowest BCUT2D eigenvalue weighted by molar-refractivity contribution is 0.0695. The molecule has 11 heteroatoms. The second-order valence-corrected chi connectivity index (χ2v) is 5.70. The summed E-state index contributed by atoms with van der Waals surface area (Å²) in [4.78, 5) is 11.1. The summed E-state index contributed by atoms with van der Waals surface area (Å²) < 4.78 is 40.1. The van der Waals surface area contributed by atoms with Crippen LogP contribution in [-0.2, 0) is 10.1 Å². The Morgan fingerprint density at radius 2 is 1.77 bits per heavy atom. The van der Waals surface area contributed by atoms with Gasteiger partial charge < -0.3 is 24.6 Å². The predicted molar refractivity (Wildman–Crippen MR) is 76.3 cm³/mol. The second-order valence-electron chi connectivity index (χ2n) is 4.13. The van der Waals surface area contributed by atoms with Crippen LogP contribution in [0.1, 0.15) is 17.3 Å². The summed E-state index contributed by atoms with van der Waals surface area (Å²) in [5, 5.41) is 27.8. The molecule has 0 aromatic heterocycles. The van der Waals surface area contributed by atoms with E-state index in [-0.39, 0.29) is 29.1 Å². The Morgan fingerprint density at radius 1 is 1.23 bits per heavy atom. The second kappa shape index (κ2) is 7.45. The Kier molecular flexibility index (Phi) is 6.17. The quantitative estimate of drug-likeness (QED) is 0.337. The van der Waals surface area contributed by atoms with E-state index in [0.29, 0.717) is 0 Å². The highest BCUT2D eigenvalue weighted by atomic mass is 32.2. The van der Waals surface area contributed by atoms with Crippen LogP contribution in [0.3, 0.4) is 0 Å². The lowest BCUT2D eigenvalue weighted by Crippen LogP contribution is -2.34. The molecule has 22 heavy (non-hydrogen) atoms. The number of carboxylic acid groups (broad SMARTS) is 1. The van der Waals surface area contributed by atoms with E-state index < -0.39 is 35.6 Å². The Bertz CT molecular complexity index is 641. The molecule has 0 aliphatic heterocycles. The maximum absolute atomic E-state index is 11.1. The molecule has 0 amide bonds. The molecule has 1 aromatic rings. The lowest BCUT2D eigenvalue weighted by atomic mass is 9.78. The molecule has 0 radical (unpaired) electrons. The van der Waals surface area contributed by atoms with Crippen LogP contribution in [0.5, 0.6) is 11.5 Å². The largest absolute Gasteiger partial charge is 0.496 e. The molecule has 0 heterocycles. The van der Waals surface area contributed by atoms with Gasteiger partial charge in [-0.05, 0) is 19.1 Å². The average molecular weight is 334 g/mol. The summed E-state index contributed by atoms with van der Waals surface area (Å²) >= 11 is 0. The summed E-state index contributed by atoms with van der Waals surface area (Å²) in [5.41, 5.74) is -0.475. The molecule has 0 atom stereocenters. The van der Waals surface area contributed by atoms with Crippen LogP contribution in [0.25, 0.3) is 0 Å². The Labute approximate surface area is 127 Å². The molecule has 0 bridgehead atoms. The summed E-state index contributed by atoms with van der Waals surface area (Å²) in [5.74, 6) is -2.42. The number of rotatable bonds is 8. The standard InChI is InChI=1S/C11H15BO9S/c1-2-20-8-5-7(11(13)14)6-9(10(8)12(15)16)21-3-4-22(17,18)19/h5-6,15-16H,2-4H2,1H3,(H,13,14)(H,17,18,19). The molecule has 0 saturated heterocycles. The van der Waals surface area contributed by atoms with Crippen LogP contribution in [0, 0.1) is 0 Å². The van der Waals surface area contributed by atoms with Crippen LogP contribution in [0.4, 0.5) is 0 Å². The van der Waals surface area contributed by atoms with Crippen molar-refractivity contribution in [2.24, 2.45) is 0 Å². The van der Waals surface area contributed by atoms with E-state index in [9.17, 15) is 23.3 Å². The monoisotopic (exact) mass is 334 g/mol. The SMILES string of the molecule is CCOc1cc(C(=O)O)cc(OCCS(=O)(=O)O)c1B(O)O. The summed E-state index contributed by atoms with van der Waals surface area (Å²) in [7, 11) is -6.29. The molecular weight excluding hydrogens is 319 g/mol. The van der Waals surface area contributed by atoms with E-state index in [1.807, 2.05) is 0 Å². The van der Waals surface area contributed by atoms with Crippen molar-refractivity contribution in [1.29, 1.82) is 0 Å². The van der Waals surface area contributed by atoms with Crippen molar-refractivity contribution < 1.29 is 42.4 Å². The number of aromatic carboxylic acids is 1. The minimum atomic E-state index is -4.27. The van der Waals surface area contributed by atoms with Crippen molar-refractivity contribution in [3.05, 3.63) is 17.7 Å². The van der Waals surface area contributed by atoms with Gasteiger partial charge in [0.2, 0.25) is 0 Å². The average Bonchev–Trinajstić information content (AvgIpc) is 2.36. The van der Waals surface area contributed by atoms with Gasteiger partial charge in [0, 0.05) is 0 Å². The van der Waals surface area contributed by atoms with Crippen LogP contribution in [0.15, 0.2) is 12.1 Å². The van der Waals surface area contributed by atoms with Crippen molar-refractivity contribution in [1.82, 2.24) is 0 Å². The number of hydrogen-bond acceptors (Lipinski definition) is 7. The van der Waals surface area contributed by atoms with Crippen LogP contribution < -0.4 is 14.9 Å². The number of benzene rings is 1. The molecule has 0 aliphatic carbocycles. The fourth-order valence-electron chi connectivity index (χ4n) is 1.63. The molecule has 0 fully saturated rings. The first-order valence-corrected chi connectivity index (χ1v) is 7.74. The Hall–Kier alpha value is -1.82. The van der Waals surface area contributed by atoms with E-state index in [2.05, 4.69) is 0 Å². The minimum Gasteiger partial charge on any atom is -0.494 e. The van der Waals surface area contributed by atoms with Gasteiger partial charge in [-0.25, -0.2) is 4.79 Å². The van der Waals surface area contributed by atoms with Crippen molar-refractivity contribution >= 4 is 28.7 Å². The topological polar surface area (TPSA) is 151 Å². The van der Waals surface area contributed by atoms with Crippen molar-refractivity contribution in [3.63, 3.8) is 0 Å². The van der Waals surface area contributed by atoms with Gasteiger partial charge >= 0.3 is 13.1 Å². The van der Waals surface area contributed by atoms with Gasteiger partial charge in [-0.15, -0.1) is 0 Å². The third-order valence-corrected chi connectivity index (χ3v) is 3.19. The van der Waals surface area contributed by atoms with Gasteiger partial charge in [0.05, 0.1) is 17.6 Å². The van der Waals surface area contributed by atoms with Gasteiger partial charge in [-0.1, -0.05) is 0 Å². The highest BCUT2D eigenvalue weighted by Crippen LogP contribution is 2.21. The zero-order valence-corrected chi connectivity index (χ0v) is 12.4. The summed E-state index contributed by atoms with van der Waals surface area (Å²) in [6, 6.07) is 2.10. The van der Waals surface area contributed by atoms with Crippen molar-refractivity contribution in [2.75, 3.05) is 19.0 Å². The first-order chi connectivity index (χ1) is 10.2. The van der Waals surface area contributed by atoms with Gasteiger partial charge in [0.1, 0.15) is 23.9 Å². The maximum Gasteiger partial charge on any atom is 0.496 e. The summed E-state index contributed by atoms with van der Waals surface area (Å²) in [6.45, 7) is 1.24. The molecule has 0 saturated carbocycles. The van der Waals surface area contributed by atoms with Crippen LogP contribution in [0.2, 0.25) is 0 Å². The zero-order chi connectivity index (χ0) is 16.9. The van der Waals surface area contributed by atoms with Crippen molar-refractivity contribution in [2.45, 2.75) is 6.92 Å². The normalized spacial score (nSPS) is 11.1. The number of carbonyl (C=O) groups is 1. The van der Waals surface area contributed by atoms with E-state index in [4.69, 9.17) is 19.1 Å². The highest BCUT2D eigenvalue weighted by molar-refractivity contribution is 7.85. The first kappa shape index (κ1) is 18.2. The fraction of sp³-hybridized carbons (Fsp3) is 0.364. The number of ether oxygens (including phenoxy) is 2. The van der Waals surface area contributed by atoms with Crippen LogP contribution in [-0.4, -0.2) is 60.2 Å². The molecule has 1 aromatic carbocycles. The van der Waals surface area contributed by atoms with E-state index in [1.165, 1.54) is 0 Å². The number of carboxylic acids is 1. The Morgan fingerprint density at radius 3 is 2.18 bits per heavy atom. The summed E-state index contributed by atoms with van der Waals surface area (Å²) in [6.07, 6.45) is 0. The first-order valence-electron chi connectivity index (χ1n) is 6.13.